The molecule has 0 radical (unpaired) electrons. The van der Waals surface area contributed by atoms with E-state index >= 15 is 0 Å². The fourth-order valence-electron chi connectivity index (χ4n) is 3.88. The van der Waals surface area contributed by atoms with Crippen LogP contribution in [0.2, 0.25) is 0 Å². The van der Waals surface area contributed by atoms with Crippen LogP contribution in [-0.4, -0.2) is 75.8 Å². The fraction of sp³-hybridized carbons (Fsp3) is 0.542. The first-order chi connectivity index (χ1) is 18.0. The molecule has 2 fully saturated rings. The molecule has 1 unspecified atom stereocenters. The van der Waals surface area contributed by atoms with E-state index in [4.69, 9.17) is 29.3 Å². The van der Waals surface area contributed by atoms with E-state index in [1.807, 2.05) is 36.5 Å². The smallest absolute Gasteiger partial charge is 0.475 e. The lowest BCUT2D eigenvalue weighted by atomic mass is 9.84. The molecule has 8 nitrogen and oxygen atoms in total. The summed E-state index contributed by atoms with van der Waals surface area (Å²) in [5.74, 6) is -5.51. The summed E-state index contributed by atoms with van der Waals surface area (Å²) >= 11 is 1.86. The van der Waals surface area contributed by atoms with Crippen LogP contribution in [0.5, 0.6) is 0 Å². The Morgan fingerprint density at radius 2 is 1.69 bits per heavy atom. The molecule has 0 aliphatic carbocycles. The van der Waals surface area contributed by atoms with Crippen LogP contribution in [0, 0.1) is 13.8 Å². The molecule has 2 aliphatic heterocycles. The average molecular weight is 587 g/mol. The Hall–Kier alpha value is -2.75. The van der Waals surface area contributed by atoms with Gasteiger partial charge in [0, 0.05) is 43.2 Å². The molecule has 1 spiro atoms. The first-order valence-corrected chi connectivity index (χ1v) is 12.4. The highest BCUT2D eigenvalue weighted by Crippen LogP contribution is 2.37. The quantitative estimate of drug-likeness (QED) is 0.473. The van der Waals surface area contributed by atoms with E-state index < -0.39 is 24.3 Å². The fourth-order valence-corrected chi connectivity index (χ4v) is 4.83. The number of carbonyl (C=O) groups is 2. The number of aliphatic carboxylic acids is 2. The molecule has 39 heavy (non-hydrogen) atoms. The van der Waals surface area contributed by atoms with Crippen molar-refractivity contribution in [2.45, 2.75) is 63.9 Å². The van der Waals surface area contributed by atoms with Gasteiger partial charge in [-0.25, -0.2) is 9.59 Å². The van der Waals surface area contributed by atoms with E-state index in [0.717, 1.165) is 50.5 Å². The number of aryl methyl sites for hydroxylation is 2. The average Bonchev–Trinajstić information content (AvgIpc) is 3.21. The van der Waals surface area contributed by atoms with Crippen LogP contribution in [0.4, 0.5) is 26.3 Å². The first-order valence-electron chi connectivity index (χ1n) is 11.5. The number of alkyl halides is 6. The molecule has 4 rings (SSSR count). The molecule has 1 atom stereocenters. The van der Waals surface area contributed by atoms with E-state index in [1.165, 1.54) is 10.4 Å². The summed E-state index contributed by atoms with van der Waals surface area (Å²) in [7, 11) is 0. The van der Waals surface area contributed by atoms with Gasteiger partial charge in [-0.05, 0) is 49.4 Å². The Bertz CT molecular complexity index is 1080. The molecule has 2 aromatic heterocycles. The van der Waals surface area contributed by atoms with Gasteiger partial charge < -0.3 is 19.7 Å². The molecule has 2 aliphatic rings. The molecule has 0 saturated carbocycles. The summed E-state index contributed by atoms with van der Waals surface area (Å²) in [6.07, 6.45) is -7.90. The molecule has 2 aromatic rings. The van der Waals surface area contributed by atoms with Gasteiger partial charge in [0.05, 0.1) is 24.0 Å². The third-order valence-corrected chi connectivity index (χ3v) is 6.71. The second-order valence-electron chi connectivity index (χ2n) is 9.01. The largest absolute Gasteiger partial charge is 0.490 e. The molecule has 0 aromatic carbocycles. The van der Waals surface area contributed by atoms with Crippen LogP contribution in [0.3, 0.4) is 0 Å². The maximum absolute atomic E-state index is 10.6. The number of hydrogen-bond acceptors (Lipinski definition) is 7. The molecule has 218 valence electrons. The van der Waals surface area contributed by atoms with Crippen LogP contribution in [0.25, 0.3) is 0 Å². The van der Waals surface area contributed by atoms with Crippen molar-refractivity contribution < 1.29 is 55.6 Å². The number of pyridine rings is 1. The van der Waals surface area contributed by atoms with Crippen molar-refractivity contribution in [3.05, 3.63) is 51.5 Å². The molecule has 15 heteroatoms. The van der Waals surface area contributed by atoms with Gasteiger partial charge in [-0.15, -0.1) is 11.3 Å². The lowest BCUT2D eigenvalue weighted by Gasteiger charge is -2.53. The predicted octanol–water partition coefficient (Wildman–Crippen LogP) is 4.98. The lowest BCUT2D eigenvalue weighted by Crippen LogP contribution is -2.65. The van der Waals surface area contributed by atoms with E-state index in [1.54, 1.807) is 0 Å². The zero-order chi connectivity index (χ0) is 29.4. The highest BCUT2D eigenvalue weighted by Gasteiger charge is 2.47. The van der Waals surface area contributed by atoms with Crippen molar-refractivity contribution in [3.63, 3.8) is 0 Å². The maximum Gasteiger partial charge on any atom is 0.490 e. The Morgan fingerprint density at radius 1 is 1.10 bits per heavy atom. The topological polar surface area (TPSA) is 109 Å². The number of halogens is 6. The summed E-state index contributed by atoms with van der Waals surface area (Å²) in [5.41, 5.74) is 3.48. The monoisotopic (exact) mass is 586 g/mol. The van der Waals surface area contributed by atoms with Crippen LogP contribution in [0.1, 0.15) is 34.7 Å². The van der Waals surface area contributed by atoms with Crippen LogP contribution in [0.15, 0.2) is 29.6 Å². The van der Waals surface area contributed by atoms with Crippen molar-refractivity contribution >= 4 is 23.3 Å². The number of carboxylic acid groups (broad SMARTS) is 2. The highest BCUT2D eigenvalue weighted by molar-refractivity contribution is 7.10. The Labute approximate surface area is 224 Å². The maximum atomic E-state index is 10.6. The summed E-state index contributed by atoms with van der Waals surface area (Å²) in [4.78, 5) is 26.3. The van der Waals surface area contributed by atoms with Gasteiger partial charge >= 0.3 is 24.3 Å². The molecular weight excluding hydrogens is 558 g/mol. The Balaban J connectivity index is 0.000000317. The van der Waals surface area contributed by atoms with Crippen LogP contribution in [-0.2, 0) is 32.2 Å². The van der Waals surface area contributed by atoms with Crippen molar-refractivity contribution in [2.75, 3.05) is 19.7 Å². The van der Waals surface area contributed by atoms with Gasteiger partial charge in [-0.1, -0.05) is 6.07 Å². The van der Waals surface area contributed by atoms with E-state index in [-0.39, 0.29) is 11.7 Å². The predicted molar refractivity (Wildman–Crippen MR) is 127 cm³/mol. The number of rotatable bonds is 5. The Kier molecular flexibility index (Phi) is 11.3. The van der Waals surface area contributed by atoms with Gasteiger partial charge in [0.15, 0.2) is 0 Å². The molecule has 0 bridgehead atoms. The van der Waals surface area contributed by atoms with Crippen molar-refractivity contribution in [2.24, 2.45) is 0 Å². The SMILES string of the molecule is Cc1cccc(COC2CCOC3(C2)CN(Cc2sccc2C)C3)n1.O=C(O)C(F)(F)F.O=C(O)C(F)(F)F. The molecular formula is C24H28F6N2O6S. The minimum atomic E-state index is -5.08. The van der Waals surface area contributed by atoms with Crippen molar-refractivity contribution in [1.29, 1.82) is 0 Å². The minimum Gasteiger partial charge on any atom is -0.475 e. The first kappa shape index (κ1) is 32.5. The number of carboxylic acids is 2. The van der Waals surface area contributed by atoms with Crippen LogP contribution >= 0.6 is 11.3 Å². The second-order valence-corrected chi connectivity index (χ2v) is 10.0. The summed E-state index contributed by atoms with van der Waals surface area (Å²) < 4.78 is 75.8. The van der Waals surface area contributed by atoms with Crippen LogP contribution < -0.4 is 0 Å². The normalized spacial score (nSPS) is 18.7. The summed E-state index contributed by atoms with van der Waals surface area (Å²) in [5, 5.41) is 16.4. The van der Waals surface area contributed by atoms with Gasteiger partial charge in [-0.3, -0.25) is 9.88 Å². The summed E-state index contributed by atoms with van der Waals surface area (Å²) in [6, 6.07) is 8.31. The van der Waals surface area contributed by atoms with Crippen molar-refractivity contribution in [1.82, 2.24) is 9.88 Å². The number of nitrogens with zero attached hydrogens (tertiary/aromatic N) is 2. The Morgan fingerprint density at radius 3 is 2.18 bits per heavy atom. The standard InChI is InChI=1S/C20H26N2O2S.2C2HF3O2/c1-15-7-9-25-19(15)11-22-13-20(14-22)10-18(6-8-24-20)23-12-17-5-3-4-16(2)21-17;2*3-2(4,5)1(6)7/h3-5,7,9,18H,6,8,10-14H2,1-2H3;2*(H,6,7). The highest BCUT2D eigenvalue weighted by atomic mass is 32.1. The third kappa shape index (κ3) is 10.7. The van der Waals surface area contributed by atoms with E-state index in [9.17, 15) is 26.3 Å². The van der Waals surface area contributed by atoms with E-state index in [2.05, 4.69) is 28.3 Å². The van der Waals surface area contributed by atoms with Gasteiger partial charge in [-0.2, -0.15) is 26.3 Å². The van der Waals surface area contributed by atoms with Gasteiger partial charge in [0.25, 0.3) is 0 Å². The molecule has 2 saturated heterocycles. The lowest BCUT2D eigenvalue weighted by molar-refractivity contribution is -0.200. The van der Waals surface area contributed by atoms with Gasteiger partial charge in [0.1, 0.15) is 0 Å². The summed E-state index contributed by atoms with van der Waals surface area (Å²) in [6.45, 7) is 8.71. The zero-order valence-corrected chi connectivity index (χ0v) is 21.8. The molecule has 4 heterocycles. The number of thiophene rings is 1. The third-order valence-electron chi connectivity index (χ3n) is 5.70. The van der Waals surface area contributed by atoms with Crippen molar-refractivity contribution in [3.8, 4) is 0 Å². The number of hydrogen-bond donors (Lipinski definition) is 2. The molecule has 2 N–H and O–H groups in total. The molecule has 0 amide bonds. The number of likely N-dealkylation sites (tertiary alicyclic amines) is 1. The number of ether oxygens (including phenoxy) is 2. The second kappa shape index (κ2) is 13.5. The number of aromatic nitrogens is 1. The minimum absolute atomic E-state index is 0.00805. The van der Waals surface area contributed by atoms with Gasteiger partial charge in [0.2, 0.25) is 0 Å². The van der Waals surface area contributed by atoms with E-state index in [0.29, 0.717) is 6.61 Å². The zero-order valence-electron chi connectivity index (χ0n) is 21.0.